The standard InChI is InChI=1S/C23H23N5O4S2/c1-29-15-7-18(31-11-14-12-33-21(26-14)13-3-5-24-6-4-13)16-9-20(32-19(16)8-15)17-10-25-22-28(17)27-23(30-2)34-22/h7-10,12-13,24H,3-6,11H2,1-2H3. The summed E-state index contributed by atoms with van der Waals surface area (Å²) in [6.45, 7) is 2.49. The molecule has 5 heterocycles. The molecule has 0 bridgehead atoms. The molecule has 4 aromatic heterocycles. The molecule has 0 unspecified atom stereocenters. The maximum atomic E-state index is 6.22. The quantitative estimate of drug-likeness (QED) is 0.345. The number of hydrogen-bond donors (Lipinski definition) is 1. The van der Waals surface area contributed by atoms with Crippen molar-refractivity contribution in [3.63, 3.8) is 0 Å². The first-order chi connectivity index (χ1) is 16.7. The van der Waals surface area contributed by atoms with E-state index in [1.54, 1.807) is 36.3 Å². The van der Waals surface area contributed by atoms with E-state index < -0.39 is 0 Å². The van der Waals surface area contributed by atoms with Gasteiger partial charge in [0.1, 0.15) is 29.4 Å². The van der Waals surface area contributed by atoms with Crippen LogP contribution in [0, 0.1) is 0 Å². The van der Waals surface area contributed by atoms with Crippen molar-refractivity contribution in [2.75, 3.05) is 27.3 Å². The van der Waals surface area contributed by atoms with E-state index in [4.69, 9.17) is 23.6 Å². The minimum absolute atomic E-state index is 0.379. The van der Waals surface area contributed by atoms with Crippen LogP contribution in [0.25, 0.3) is 27.4 Å². The fraction of sp³-hybridized carbons (Fsp3) is 0.348. The summed E-state index contributed by atoms with van der Waals surface area (Å²) in [7, 11) is 3.22. The number of hydrogen-bond acceptors (Lipinski definition) is 10. The number of piperidine rings is 1. The molecule has 1 aliphatic heterocycles. The van der Waals surface area contributed by atoms with Gasteiger partial charge in [0.05, 0.1) is 36.5 Å². The van der Waals surface area contributed by atoms with Crippen molar-refractivity contribution in [3.8, 4) is 28.1 Å². The van der Waals surface area contributed by atoms with Crippen LogP contribution in [0.5, 0.6) is 16.7 Å². The van der Waals surface area contributed by atoms with Gasteiger partial charge in [0.15, 0.2) is 5.76 Å². The second-order valence-electron chi connectivity index (χ2n) is 8.05. The summed E-state index contributed by atoms with van der Waals surface area (Å²) < 4.78 is 24.8. The SMILES string of the molecule is COc1cc(OCc2csc(C3CCNCC3)n2)c2cc(-c3cnc4sc(OC)nn34)oc2c1. The lowest BCUT2D eigenvalue weighted by molar-refractivity contribution is 0.303. The average molecular weight is 498 g/mol. The lowest BCUT2D eigenvalue weighted by atomic mass is 9.99. The Morgan fingerprint density at radius 2 is 2.06 bits per heavy atom. The maximum Gasteiger partial charge on any atom is 0.294 e. The van der Waals surface area contributed by atoms with Gasteiger partial charge >= 0.3 is 0 Å². The Morgan fingerprint density at radius 3 is 2.88 bits per heavy atom. The van der Waals surface area contributed by atoms with Gasteiger partial charge in [-0.05, 0) is 43.3 Å². The van der Waals surface area contributed by atoms with Gasteiger partial charge in [-0.15, -0.1) is 16.4 Å². The summed E-state index contributed by atoms with van der Waals surface area (Å²) in [5, 5.41) is 12.5. The van der Waals surface area contributed by atoms with Gasteiger partial charge in [-0.3, -0.25) is 0 Å². The first-order valence-electron chi connectivity index (χ1n) is 11.0. The van der Waals surface area contributed by atoms with E-state index in [-0.39, 0.29) is 0 Å². The number of methoxy groups -OCH3 is 2. The van der Waals surface area contributed by atoms with Gasteiger partial charge < -0.3 is 23.9 Å². The van der Waals surface area contributed by atoms with E-state index >= 15 is 0 Å². The van der Waals surface area contributed by atoms with Crippen molar-refractivity contribution in [1.82, 2.24) is 24.9 Å². The zero-order valence-electron chi connectivity index (χ0n) is 18.7. The fourth-order valence-corrected chi connectivity index (χ4v) is 5.84. The highest BCUT2D eigenvalue weighted by atomic mass is 32.1. The van der Waals surface area contributed by atoms with Gasteiger partial charge in [-0.25, -0.2) is 9.97 Å². The Kier molecular flexibility index (Phi) is 5.60. The predicted molar refractivity (Wildman–Crippen MR) is 130 cm³/mol. The van der Waals surface area contributed by atoms with Gasteiger partial charge in [0.25, 0.3) is 5.19 Å². The van der Waals surface area contributed by atoms with Crippen LogP contribution in [-0.4, -0.2) is 46.9 Å². The summed E-state index contributed by atoms with van der Waals surface area (Å²) in [6, 6.07) is 5.67. The lowest BCUT2D eigenvalue weighted by Crippen LogP contribution is -2.26. The summed E-state index contributed by atoms with van der Waals surface area (Å²) >= 11 is 3.09. The largest absolute Gasteiger partial charge is 0.496 e. The van der Waals surface area contributed by atoms with Crippen molar-refractivity contribution in [2.45, 2.75) is 25.4 Å². The molecule has 0 aliphatic carbocycles. The Balaban J connectivity index is 1.29. The van der Waals surface area contributed by atoms with Gasteiger partial charge in [0.2, 0.25) is 4.96 Å². The molecule has 0 spiro atoms. The molecule has 176 valence electrons. The maximum absolute atomic E-state index is 6.22. The summed E-state index contributed by atoms with van der Waals surface area (Å²) in [4.78, 5) is 9.99. The molecule has 5 aromatic rings. The number of imidazole rings is 1. The topological polar surface area (TPSA) is 95.9 Å². The van der Waals surface area contributed by atoms with Crippen molar-refractivity contribution in [2.24, 2.45) is 0 Å². The Morgan fingerprint density at radius 1 is 1.18 bits per heavy atom. The average Bonchev–Trinajstić information content (AvgIpc) is 3.65. The summed E-state index contributed by atoms with van der Waals surface area (Å²) in [5.41, 5.74) is 2.34. The first-order valence-corrected chi connectivity index (χ1v) is 12.7. The molecule has 9 nitrogen and oxygen atoms in total. The molecule has 1 aromatic carbocycles. The van der Waals surface area contributed by atoms with E-state index in [0.29, 0.717) is 40.6 Å². The Bertz CT molecular complexity index is 1450. The zero-order valence-corrected chi connectivity index (χ0v) is 20.4. The predicted octanol–water partition coefficient (Wildman–Crippen LogP) is 4.72. The second kappa shape index (κ2) is 8.90. The number of nitrogens with one attached hydrogen (secondary N) is 1. The summed E-state index contributed by atoms with van der Waals surface area (Å²) in [5.74, 6) is 2.51. The van der Waals surface area contributed by atoms with Crippen LogP contribution >= 0.6 is 22.7 Å². The van der Waals surface area contributed by atoms with Crippen LogP contribution in [0.4, 0.5) is 0 Å². The van der Waals surface area contributed by atoms with Crippen LogP contribution in [0.1, 0.15) is 29.5 Å². The van der Waals surface area contributed by atoms with Crippen LogP contribution in [0.3, 0.4) is 0 Å². The second-order valence-corrected chi connectivity index (χ2v) is 9.86. The Labute approximate surface area is 203 Å². The van der Waals surface area contributed by atoms with Crippen molar-refractivity contribution >= 4 is 38.6 Å². The summed E-state index contributed by atoms with van der Waals surface area (Å²) in [6.07, 6.45) is 4.01. The van der Waals surface area contributed by atoms with Crippen LogP contribution < -0.4 is 19.5 Å². The molecule has 1 fully saturated rings. The number of fused-ring (bicyclic) bond motifs is 2. The number of ether oxygens (including phenoxy) is 3. The van der Waals surface area contributed by atoms with Crippen LogP contribution in [-0.2, 0) is 6.61 Å². The van der Waals surface area contributed by atoms with Crippen molar-refractivity contribution in [3.05, 3.63) is 40.5 Å². The van der Waals surface area contributed by atoms with E-state index in [2.05, 4.69) is 20.8 Å². The monoisotopic (exact) mass is 497 g/mol. The molecule has 0 amide bonds. The fourth-order valence-electron chi connectivity index (χ4n) is 4.17. The van der Waals surface area contributed by atoms with E-state index in [0.717, 1.165) is 47.7 Å². The van der Waals surface area contributed by atoms with E-state index in [1.165, 1.54) is 16.3 Å². The molecular weight excluding hydrogens is 474 g/mol. The molecular formula is C23H23N5O4S2. The highest BCUT2D eigenvalue weighted by Gasteiger charge is 2.20. The highest BCUT2D eigenvalue weighted by Crippen LogP contribution is 2.38. The third kappa shape index (κ3) is 3.89. The minimum Gasteiger partial charge on any atom is -0.496 e. The molecule has 34 heavy (non-hydrogen) atoms. The molecule has 1 saturated heterocycles. The van der Waals surface area contributed by atoms with E-state index in [1.807, 2.05) is 18.2 Å². The highest BCUT2D eigenvalue weighted by molar-refractivity contribution is 7.18. The van der Waals surface area contributed by atoms with Crippen LogP contribution in [0.15, 0.2) is 34.2 Å². The zero-order chi connectivity index (χ0) is 23.1. The van der Waals surface area contributed by atoms with Crippen molar-refractivity contribution < 1.29 is 18.6 Å². The van der Waals surface area contributed by atoms with Gasteiger partial charge in [-0.2, -0.15) is 4.52 Å². The number of furan rings is 1. The first kappa shape index (κ1) is 21.4. The molecule has 1 aliphatic rings. The Hall–Kier alpha value is -3.15. The number of thiazole rings is 1. The van der Waals surface area contributed by atoms with E-state index in [9.17, 15) is 0 Å². The smallest absolute Gasteiger partial charge is 0.294 e. The van der Waals surface area contributed by atoms with Crippen LogP contribution in [0.2, 0.25) is 0 Å². The minimum atomic E-state index is 0.379. The molecule has 1 N–H and O–H groups in total. The van der Waals surface area contributed by atoms with Gasteiger partial charge in [-0.1, -0.05) is 0 Å². The van der Waals surface area contributed by atoms with Gasteiger partial charge in [0, 0.05) is 23.4 Å². The number of rotatable bonds is 7. The molecule has 6 rings (SSSR count). The molecule has 0 saturated carbocycles. The molecule has 0 radical (unpaired) electrons. The normalized spacial score (nSPS) is 14.8. The number of benzene rings is 1. The number of nitrogens with zero attached hydrogens (tertiary/aromatic N) is 4. The third-order valence-electron chi connectivity index (χ3n) is 5.94. The number of aromatic nitrogens is 4. The third-order valence-corrected chi connectivity index (χ3v) is 7.88. The van der Waals surface area contributed by atoms with Crippen molar-refractivity contribution in [1.29, 1.82) is 0 Å². The molecule has 0 atom stereocenters. The molecule has 11 heteroatoms. The lowest BCUT2D eigenvalue weighted by Gasteiger charge is -2.20.